The van der Waals surface area contributed by atoms with Gasteiger partial charge < -0.3 is 10.6 Å². The number of aromatic nitrogens is 1. The molecule has 1 atom stereocenters. The number of nitrogens with two attached hydrogens (primary N) is 1. The molecule has 0 spiro atoms. The van der Waals surface area contributed by atoms with Crippen LogP contribution in [0, 0.1) is 0 Å². The molecule has 0 saturated carbocycles. The fourth-order valence-corrected chi connectivity index (χ4v) is 3.15. The van der Waals surface area contributed by atoms with Gasteiger partial charge >= 0.3 is 6.18 Å². The summed E-state index contributed by atoms with van der Waals surface area (Å²) in [5.41, 5.74) is 6.82. The Hall–Kier alpha value is -0.820. The second kappa shape index (κ2) is 5.05. The van der Waals surface area contributed by atoms with E-state index in [2.05, 4.69) is 4.98 Å². The van der Waals surface area contributed by atoms with Gasteiger partial charge in [0.2, 0.25) is 0 Å². The highest BCUT2D eigenvalue weighted by Crippen LogP contribution is 2.35. The predicted molar refractivity (Wildman–Crippen MR) is 65.9 cm³/mol. The van der Waals surface area contributed by atoms with Crippen LogP contribution in [0.3, 0.4) is 0 Å². The molecular formula is C11H16F3N3S. The molecule has 1 heterocycles. The van der Waals surface area contributed by atoms with Crippen molar-refractivity contribution in [2.24, 2.45) is 5.73 Å². The summed E-state index contributed by atoms with van der Waals surface area (Å²) in [5.74, 6) is 0. The molecule has 18 heavy (non-hydrogen) atoms. The quantitative estimate of drug-likeness (QED) is 0.925. The molecule has 0 aliphatic heterocycles. The van der Waals surface area contributed by atoms with Gasteiger partial charge in [0.05, 0.1) is 12.1 Å². The molecule has 1 aromatic rings. The van der Waals surface area contributed by atoms with Crippen molar-refractivity contribution in [2.45, 2.75) is 37.9 Å². The van der Waals surface area contributed by atoms with Crippen molar-refractivity contribution in [1.82, 2.24) is 4.98 Å². The molecule has 0 saturated heterocycles. The molecule has 2 N–H and O–H groups in total. The number of hydrogen-bond acceptors (Lipinski definition) is 4. The van der Waals surface area contributed by atoms with Gasteiger partial charge in [-0.15, -0.1) is 11.3 Å². The number of nitrogens with zero attached hydrogens (tertiary/aromatic N) is 2. The Balaban J connectivity index is 2.05. The number of rotatable bonds is 3. The lowest BCUT2D eigenvalue weighted by Crippen LogP contribution is -2.24. The van der Waals surface area contributed by atoms with Crippen LogP contribution < -0.4 is 10.6 Å². The van der Waals surface area contributed by atoms with E-state index < -0.39 is 12.6 Å². The average molecular weight is 279 g/mol. The molecule has 0 bridgehead atoms. The number of hydrogen-bond donors (Lipinski definition) is 1. The van der Waals surface area contributed by atoms with E-state index in [1.807, 2.05) is 0 Å². The van der Waals surface area contributed by atoms with Crippen molar-refractivity contribution in [1.29, 1.82) is 0 Å². The number of aryl methyl sites for hydroxylation is 1. The van der Waals surface area contributed by atoms with Crippen LogP contribution in [0.4, 0.5) is 18.3 Å². The molecule has 3 nitrogen and oxygen atoms in total. The summed E-state index contributed by atoms with van der Waals surface area (Å²) in [7, 11) is 1.64. The standard InChI is InChI=1S/C11H16F3N3S/c1-17(6-5-11(12,13)14)10-16-9-7(15)3-2-4-8(9)18-10/h7H,2-6,15H2,1H3. The topological polar surface area (TPSA) is 42.2 Å². The number of thiazole rings is 1. The Morgan fingerprint density at radius 2 is 2.22 bits per heavy atom. The van der Waals surface area contributed by atoms with E-state index in [-0.39, 0.29) is 12.6 Å². The van der Waals surface area contributed by atoms with E-state index in [1.165, 1.54) is 11.3 Å². The van der Waals surface area contributed by atoms with E-state index in [0.717, 1.165) is 29.8 Å². The molecule has 0 amide bonds. The first-order chi connectivity index (χ1) is 8.37. The smallest absolute Gasteiger partial charge is 0.351 e. The number of fused-ring (bicyclic) bond motifs is 1. The lowest BCUT2D eigenvalue weighted by atomic mass is 9.99. The van der Waals surface area contributed by atoms with Crippen LogP contribution in [0.5, 0.6) is 0 Å². The second-order valence-corrected chi connectivity index (χ2v) is 5.65. The van der Waals surface area contributed by atoms with Gasteiger partial charge in [0.15, 0.2) is 5.13 Å². The Morgan fingerprint density at radius 3 is 2.83 bits per heavy atom. The van der Waals surface area contributed by atoms with Crippen molar-refractivity contribution >= 4 is 16.5 Å². The summed E-state index contributed by atoms with van der Waals surface area (Å²) in [4.78, 5) is 7.07. The summed E-state index contributed by atoms with van der Waals surface area (Å²) >= 11 is 1.47. The third kappa shape index (κ3) is 3.14. The largest absolute Gasteiger partial charge is 0.390 e. The fourth-order valence-electron chi connectivity index (χ4n) is 1.99. The summed E-state index contributed by atoms with van der Waals surface area (Å²) in [6.07, 6.45) is -2.07. The Bertz CT molecular complexity index is 416. The molecule has 0 fully saturated rings. The zero-order valence-electron chi connectivity index (χ0n) is 10.1. The van der Waals surface area contributed by atoms with Gasteiger partial charge in [-0.05, 0) is 19.3 Å². The van der Waals surface area contributed by atoms with Gasteiger partial charge in [-0.2, -0.15) is 13.2 Å². The summed E-state index contributed by atoms with van der Waals surface area (Å²) in [6, 6.07) is -0.0604. The van der Waals surface area contributed by atoms with Gasteiger partial charge in [0.25, 0.3) is 0 Å². The molecule has 1 aliphatic carbocycles. The first kappa shape index (κ1) is 13.6. The molecule has 0 radical (unpaired) electrons. The van der Waals surface area contributed by atoms with Gasteiger partial charge in [-0.25, -0.2) is 4.98 Å². The molecular weight excluding hydrogens is 263 g/mol. The molecule has 7 heteroatoms. The van der Waals surface area contributed by atoms with E-state index in [0.29, 0.717) is 5.13 Å². The number of halogens is 3. The van der Waals surface area contributed by atoms with Crippen molar-refractivity contribution in [3.63, 3.8) is 0 Å². The van der Waals surface area contributed by atoms with Gasteiger partial charge in [-0.1, -0.05) is 0 Å². The molecule has 102 valence electrons. The van der Waals surface area contributed by atoms with Crippen LogP contribution in [0.1, 0.15) is 35.9 Å². The lowest BCUT2D eigenvalue weighted by Gasteiger charge is -2.17. The van der Waals surface area contributed by atoms with E-state index in [9.17, 15) is 13.2 Å². The maximum absolute atomic E-state index is 12.2. The normalized spacial score (nSPS) is 19.7. The molecule has 2 rings (SSSR count). The van der Waals surface area contributed by atoms with E-state index in [1.54, 1.807) is 11.9 Å². The maximum atomic E-state index is 12.2. The van der Waals surface area contributed by atoms with E-state index >= 15 is 0 Å². The van der Waals surface area contributed by atoms with Crippen LogP contribution >= 0.6 is 11.3 Å². The Labute approximate surface area is 108 Å². The van der Waals surface area contributed by atoms with Crippen molar-refractivity contribution in [3.8, 4) is 0 Å². The lowest BCUT2D eigenvalue weighted by molar-refractivity contribution is -0.132. The minimum absolute atomic E-state index is 0.0604. The second-order valence-electron chi connectivity index (χ2n) is 4.59. The Kier molecular flexibility index (Phi) is 3.82. The molecule has 1 unspecified atom stereocenters. The summed E-state index contributed by atoms with van der Waals surface area (Å²) < 4.78 is 36.5. The first-order valence-electron chi connectivity index (χ1n) is 5.90. The van der Waals surface area contributed by atoms with E-state index in [4.69, 9.17) is 5.73 Å². The van der Waals surface area contributed by atoms with Gasteiger partial charge in [-0.3, -0.25) is 0 Å². The monoisotopic (exact) mass is 279 g/mol. The third-order valence-electron chi connectivity index (χ3n) is 3.04. The van der Waals surface area contributed by atoms with Gasteiger partial charge in [0.1, 0.15) is 0 Å². The van der Waals surface area contributed by atoms with Crippen molar-refractivity contribution in [3.05, 3.63) is 10.6 Å². The predicted octanol–water partition coefficient (Wildman–Crippen LogP) is 2.87. The molecule has 0 aromatic carbocycles. The van der Waals surface area contributed by atoms with Crippen LogP contribution in [0.25, 0.3) is 0 Å². The summed E-state index contributed by atoms with van der Waals surface area (Å²) in [5, 5.41) is 0.640. The highest BCUT2D eigenvalue weighted by Gasteiger charge is 2.28. The summed E-state index contributed by atoms with van der Waals surface area (Å²) in [6.45, 7) is -0.0644. The van der Waals surface area contributed by atoms with Gasteiger partial charge in [0, 0.05) is 24.5 Å². The average Bonchev–Trinajstić information content (AvgIpc) is 2.70. The zero-order valence-corrected chi connectivity index (χ0v) is 10.9. The highest BCUT2D eigenvalue weighted by atomic mass is 32.1. The Morgan fingerprint density at radius 1 is 1.50 bits per heavy atom. The third-order valence-corrected chi connectivity index (χ3v) is 4.29. The van der Waals surface area contributed by atoms with Crippen LogP contribution in [0.15, 0.2) is 0 Å². The number of alkyl halides is 3. The minimum atomic E-state index is -4.12. The minimum Gasteiger partial charge on any atom is -0.351 e. The first-order valence-corrected chi connectivity index (χ1v) is 6.71. The van der Waals surface area contributed by atoms with Crippen molar-refractivity contribution in [2.75, 3.05) is 18.5 Å². The van der Waals surface area contributed by atoms with Crippen LogP contribution in [-0.2, 0) is 6.42 Å². The van der Waals surface area contributed by atoms with Crippen molar-refractivity contribution < 1.29 is 13.2 Å². The molecule has 1 aliphatic rings. The number of anilines is 1. The molecule has 1 aromatic heterocycles. The maximum Gasteiger partial charge on any atom is 0.390 e. The SMILES string of the molecule is CN(CCC(F)(F)F)c1nc2c(s1)CCCC2N. The fraction of sp³-hybridized carbons (Fsp3) is 0.727. The highest BCUT2D eigenvalue weighted by molar-refractivity contribution is 7.15. The van der Waals surface area contributed by atoms with Crippen LogP contribution in [-0.4, -0.2) is 24.8 Å². The zero-order chi connectivity index (χ0) is 13.3. The van der Waals surface area contributed by atoms with Crippen LogP contribution in [0.2, 0.25) is 0 Å².